The quantitative estimate of drug-likeness (QED) is 0.702. The highest BCUT2D eigenvalue weighted by atomic mass is 32.2. The Morgan fingerprint density at radius 1 is 1.32 bits per heavy atom. The van der Waals surface area contributed by atoms with E-state index in [0.717, 1.165) is 13.0 Å². The van der Waals surface area contributed by atoms with Crippen molar-refractivity contribution in [1.29, 1.82) is 0 Å². The molecule has 0 atom stereocenters. The molecule has 2 rings (SSSR count). The second-order valence-electron chi connectivity index (χ2n) is 5.07. The van der Waals surface area contributed by atoms with Crippen LogP contribution in [0.4, 0.5) is 0 Å². The first-order valence-electron chi connectivity index (χ1n) is 7.46. The van der Waals surface area contributed by atoms with Crippen LogP contribution in [0, 0.1) is 0 Å². The molecule has 0 saturated heterocycles. The molecule has 0 aliphatic rings. The first kappa shape index (κ1) is 16.5. The van der Waals surface area contributed by atoms with Crippen LogP contribution >= 0.6 is 11.8 Å². The average Bonchev–Trinajstić information content (AvgIpc) is 3.06. The lowest BCUT2D eigenvalue weighted by atomic mass is 10.2. The highest BCUT2D eigenvalue weighted by molar-refractivity contribution is 7.98. The molecule has 0 radical (unpaired) electrons. The Morgan fingerprint density at radius 2 is 2.09 bits per heavy atom. The van der Waals surface area contributed by atoms with Crippen molar-refractivity contribution in [3.05, 3.63) is 42.5 Å². The van der Waals surface area contributed by atoms with E-state index < -0.39 is 0 Å². The van der Waals surface area contributed by atoms with Gasteiger partial charge in [0.15, 0.2) is 0 Å². The van der Waals surface area contributed by atoms with Crippen LogP contribution < -0.4 is 0 Å². The predicted octanol–water partition coefficient (Wildman–Crippen LogP) is 2.83. The SMILES string of the molecule is CCCN(Cc1ccc(SC)cc1)C(=O)CCn1cncn1. The van der Waals surface area contributed by atoms with Gasteiger partial charge >= 0.3 is 0 Å². The van der Waals surface area contributed by atoms with Gasteiger partial charge in [-0.3, -0.25) is 9.48 Å². The van der Waals surface area contributed by atoms with Gasteiger partial charge < -0.3 is 4.90 Å². The van der Waals surface area contributed by atoms with Gasteiger partial charge in [0.1, 0.15) is 12.7 Å². The zero-order valence-corrected chi connectivity index (χ0v) is 13.9. The Hall–Kier alpha value is -1.82. The Morgan fingerprint density at radius 3 is 2.68 bits per heavy atom. The normalized spacial score (nSPS) is 10.6. The lowest BCUT2D eigenvalue weighted by Crippen LogP contribution is -2.32. The van der Waals surface area contributed by atoms with Crippen molar-refractivity contribution in [2.75, 3.05) is 12.8 Å². The maximum atomic E-state index is 12.4. The average molecular weight is 318 g/mol. The van der Waals surface area contributed by atoms with Gasteiger partial charge in [0, 0.05) is 24.4 Å². The van der Waals surface area contributed by atoms with Crippen LogP contribution in [0.3, 0.4) is 0 Å². The number of nitrogens with zero attached hydrogens (tertiary/aromatic N) is 4. The number of aromatic nitrogens is 3. The summed E-state index contributed by atoms with van der Waals surface area (Å²) >= 11 is 1.72. The van der Waals surface area contributed by atoms with E-state index in [2.05, 4.69) is 47.5 Å². The topological polar surface area (TPSA) is 51.0 Å². The second-order valence-corrected chi connectivity index (χ2v) is 5.95. The molecule has 22 heavy (non-hydrogen) atoms. The van der Waals surface area contributed by atoms with E-state index in [0.29, 0.717) is 19.5 Å². The molecule has 0 fully saturated rings. The Bertz CT molecular complexity index is 568. The molecule has 1 amide bonds. The molecule has 1 aromatic carbocycles. The molecule has 1 aromatic heterocycles. The molecule has 6 heteroatoms. The number of aryl methyl sites for hydroxylation is 1. The lowest BCUT2D eigenvalue weighted by Gasteiger charge is -2.22. The minimum atomic E-state index is 0.159. The number of carbonyl (C=O) groups is 1. The fraction of sp³-hybridized carbons (Fsp3) is 0.438. The van der Waals surface area contributed by atoms with Crippen LogP contribution in [0.1, 0.15) is 25.3 Å². The summed E-state index contributed by atoms with van der Waals surface area (Å²) in [6.07, 6.45) is 6.59. The molecule has 0 bridgehead atoms. The summed E-state index contributed by atoms with van der Waals surface area (Å²) in [5.41, 5.74) is 1.17. The number of rotatable bonds is 8. The number of thioether (sulfide) groups is 1. The van der Waals surface area contributed by atoms with E-state index >= 15 is 0 Å². The van der Waals surface area contributed by atoms with Gasteiger partial charge in [0.05, 0.1) is 6.54 Å². The molecule has 1 heterocycles. The minimum absolute atomic E-state index is 0.159. The van der Waals surface area contributed by atoms with Gasteiger partial charge in [0.2, 0.25) is 5.91 Å². The van der Waals surface area contributed by atoms with Gasteiger partial charge in [0.25, 0.3) is 0 Å². The highest BCUT2D eigenvalue weighted by Crippen LogP contribution is 2.16. The van der Waals surface area contributed by atoms with Crippen LogP contribution in [0.5, 0.6) is 0 Å². The Labute approximate surface area is 135 Å². The zero-order chi connectivity index (χ0) is 15.8. The molecule has 2 aromatic rings. The van der Waals surface area contributed by atoms with E-state index in [1.54, 1.807) is 22.8 Å². The number of amides is 1. The third-order valence-electron chi connectivity index (χ3n) is 3.40. The molecular weight excluding hydrogens is 296 g/mol. The van der Waals surface area contributed by atoms with Crippen molar-refractivity contribution in [2.24, 2.45) is 0 Å². The molecular formula is C16H22N4OS. The Balaban J connectivity index is 1.93. The fourth-order valence-electron chi connectivity index (χ4n) is 2.23. The molecule has 0 N–H and O–H groups in total. The summed E-state index contributed by atoms with van der Waals surface area (Å²) < 4.78 is 1.69. The molecule has 0 spiro atoms. The Kier molecular flexibility index (Phi) is 6.45. The van der Waals surface area contributed by atoms with Crippen LogP contribution in [0.15, 0.2) is 41.8 Å². The van der Waals surface area contributed by atoms with Crippen LogP contribution in [-0.2, 0) is 17.9 Å². The number of carbonyl (C=O) groups excluding carboxylic acids is 1. The summed E-state index contributed by atoms with van der Waals surface area (Å²) in [5, 5.41) is 4.03. The standard InChI is InChI=1S/C16H22N4OS/c1-3-9-19(11-14-4-6-15(22-2)7-5-14)16(21)8-10-20-13-17-12-18-20/h4-7,12-13H,3,8-11H2,1-2H3. The lowest BCUT2D eigenvalue weighted by molar-refractivity contribution is -0.132. The number of benzene rings is 1. The zero-order valence-electron chi connectivity index (χ0n) is 13.1. The summed E-state index contributed by atoms with van der Waals surface area (Å²) in [7, 11) is 0. The van der Waals surface area contributed by atoms with Gasteiger partial charge in [-0.1, -0.05) is 19.1 Å². The van der Waals surface area contributed by atoms with Crippen molar-refractivity contribution in [2.45, 2.75) is 37.8 Å². The molecule has 0 unspecified atom stereocenters. The largest absolute Gasteiger partial charge is 0.338 e. The van der Waals surface area contributed by atoms with Crippen molar-refractivity contribution < 1.29 is 4.79 Å². The number of hydrogen-bond acceptors (Lipinski definition) is 4. The van der Waals surface area contributed by atoms with Crippen LogP contribution in [0.25, 0.3) is 0 Å². The number of hydrogen-bond donors (Lipinski definition) is 0. The maximum absolute atomic E-state index is 12.4. The van der Waals surface area contributed by atoms with E-state index in [4.69, 9.17) is 0 Å². The maximum Gasteiger partial charge on any atom is 0.224 e. The monoisotopic (exact) mass is 318 g/mol. The first-order chi connectivity index (χ1) is 10.7. The first-order valence-corrected chi connectivity index (χ1v) is 8.68. The summed E-state index contributed by atoms with van der Waals surface area (Å²) in [6.45, 7) is 4.11. The van der Waals surface area contributed by atoms with Gasteiger partial charge in [-0.2, -0.15) is 5.10 Å². The van der Waals surface area contributed by atoms with Gasteiger partial charge in [-0.05, 0) is 30.4 Å². The van der Waals surface area contributed by atoms with Crippen molar-refractivity contribution in [3.63, 3.8) is 0 Å². The summed E-state index contributed by atoms with van der Waals surface area (Å²) in [5.74, 6) is 0.159. The molecule has 0 aliphatic heterocycles. The van der Waals surface area contributed by atoms with Gasteiger partial charge in [-0.15, -0.1) is 11.8 Å². The van der Waals surface area contributed by atoms with E-state index in [9.17, 15) is 4.79 Å². The van der Waals surface area contributed by atoms with Crippen molar-refractivity contribution in [3.8, 4) is 0 Å². The second kappa shape index (κ2) is 8.58. The van der Waals surface area contributed by atoms with Crippen LogP contribution in [-0.4, -0.2) is 38.4 Å². The van der Waals surface area contributed by atoms with Crippen molar-refractivity contribution >= 4 is 17.7 Å². The van der Waals surface area contributed by atoms with E-state index in [-0.39, 0.29) is 5.91 Å². The summed E-state index contributed by atoms with van der Waals surface area (Å²) in [4.78, 5) is 19.5. The molecule has 0 aliphatic carbocycles. The molecule has 118 valence electrons. The van der Waals surface area contributed by atoms with E-state index in [1.165, 1.54) is 16.8 Å². The predicted molar refractivity (Wildman–Crippen MR) is 88.6 cm³/mol. The third-order valence-corrected chi connectivity index (χ3v) is 4.14. The van der Waals surface area contributed by atoms with Crippen molar-refractivity contribution in [1.82, 2.24) is 19.7 Å². The smallest absolute Gasteiger partial charge is 0.224 e. The highest BCUT2D eigenvalue weighted by Gasteiger charge is 2.13. The minimum Gasteiger partial charge on any atom is -0.338 e. The molecule has 5 nitrogen and oxygen atoms in total. The van der Waals surface area contributed by atoms with Crippen LogP contribution in [0.2, 0.25) is 0 Å². The fourth-order valence-corrected chi connectivity index (χ4v) is 2.64. The van der Waals surface area contributed by atoms with E-state index in [1.807, 2.05) is 4.90 Å². The third kappa shape index (κ3) is 4.87. The van der Waals surface area contributed by atoms with Gasteiger partial charge in [-0.25, -0.2) is 4.98 Å². The molecule has 0 saturated carbocycles. The summed E-state index contributed by atoms with van der Waals surface area (Å²) in [6, 6.07) is 8.40.